The van der Waals surface area contributed by atoms with Gasteiger partial charge in [-0.2, -0.15) is 11.8 Å². The molecule has 0 aromatic heterocycles. The summed E-state index contributed by atoms with van der Waals surface area (Å²) in [5.41, 5.74) is 1.44. The second-order valence-corrected chi connectivity index (χ2v) is 7.68. The van der Waals surface area contributed by atoms with Crippen LogP contribution in [0.15, 0.2) is 24.3 Å². The second kappa shape index (κ2) is 7.77. The number of benzene rings is 1. The van der Waals surface area contributed by atoms with Gasteiger partial charge in [0.2, 0.25) is 0 Å². The number of carbonyl (C=O) groups is 1. The number of nitrogens with one attached hydrogen (secondary N) is 1. The van der Waals surface area contributed by atoms with E-state index in [0.717, 1.165) is 30.3 Å². The van der Waals surface area contributed by atoms with Crippen molar-refractivity contribution in [2.24, 2.45) is 0 Å². The Morgan fingerprint density at radius 2 is 1.86 bits per heavy atom. The molecule has 0 saturated carbocycles. The summed E-state index contributed by atoms with van der Waals surface area (Å²) in [5.74, 6) is 2.91. The first-order valence-corrected chi connectivity index (χ1v) is 8.96. The molecule has 0 unspecified atom stereocenters. The van der Waals surface area contributed by atoms with Crippen LogP contribution in [-0.4, -0.2) is 48.7 Å². The molecule has 1 aromatic rings. The van der Waals surface area contributed by atoms with Crippen molar-refractivity contribution in [2.45, 2.75) is 26.2 Å². The van der Waals surface area contributed by atoms with Crippen molar-refractivity contribution in [1.82, 2.24) is 10.2 Å². The maximum absolute atomic E-state index is 11.9. The monoisotopic (exact) mass is 322 g/mol. The molecule has 1 N–H and O–H groups in total. The van der Waals surface area contributed by atoms with Crippen molar-refractivity contribution in [3.8, 4) is 5.75 Å². The van der Waals surface area contributed by atoms with E-state index in [-0.39, 0.29) is 11.4 Å². The number of urea groups is 1. The van der Waals surface area contributed by atoms with Crippen LogP contribution >= 0.6 is 11.8 Å². The Hall–Kier alpha value is -1.36. The van der Waals surface area contributed by atoms with Crippen LogP contribution in [0, 0.1) is 0 Å². The molecule has 5 heteroatoms. The van der Waals surface area contributed by atoms with Gasteiger partial charge in [-0.1, -0.05) is 32.9 Å². The van der Waals surface area contributed by atoms with Crippen LogP contribution in [-0.2, 0) is 5.41 Å². The topological polar surface area (TPSA) is 41.6 Å². The fraction of sp³-hybridized carbons (Fsp3) is 0.588. The van der Waals surface area contributed by atoms with Crippen molar-refractivity contribution in [2.75, 3.05) is 37.7 Å². The molecule has 1 saturated heterocycles. The molecular formula is C17H26N2O2S. The van der Waals surface area contributed by atoms with E-state index >= 15 is 0 Å². The summed E-state index contributed by atoms with van der Waals surface area (Å²) in [4.78, 5) is 13.8. The zero-order chi connectivity index (χ0) is 16.0. The first-order valence-electron chi connectivity index (χ1n) is 7.81. The van der Waals surface area contributed by atoms with Crippen LogP contribution in [0.1, 0.15) is 26.3 Å². The van der Waals surface area contributed by atoms with Crippen LogP contribution in [0.4, 0.5) is 4.79 Å². The molecule has 122 valence electrons. The molecule has 0 aliphatic carbocycles. The molecule has 1 aliphatic rings. The van der Waals surface area contributed by atoms with Gasteiger partial charge in [0, 0.05) is 24.6 Å². The summed E-state index contributed by atoms with van der Waals surface area (Å²) in [7, 11) is 0. The molecular weight excluding hydrogens is 296 g/mol. The third-order valence-corrected chi connectivity index (χ3v) is 4.61. The van der Waals surface area contributed by atoms with Crippen LogP contribution < -0.4 is 10.1 Å². The summed E-state index contributed by atoms with van der Waals surface area (Å²) in [6.45, 7) is 9.27. The van der Waals surface area contributed by atoms with Crippen molar-refractivity contribution < 1.29 is 9.53 Å². The van der Waals surface area contributed by atoms with Crippen LogP contribution in [0.5, 0.6) is 5.75 Å². The first-order chi connectivity index (χ1) is 10.5. The maximum atomic E-state index is 11.9. The van der Waals surface area contributed by atoms with Gasteiger partial charge in [0.1, 0.15) is 12.4 Å². The summed E-state index contributed by atoms with van der Waals surface area (Å²) >= 11 is 1.90. The molecule has 1 aromatic carbocycles. The van der Waals surface area contributed by atoms with Crippen molar-refractivity contribution in [1.29, 1.82) is 0 Å². The molecule has 22 heavy (non-hydrogen) atoms. The van der Waals surface area contributed by atoms with Gasteiger partial charge in [0.05, 0.1) is 6.54 Å². The molecule has 2 amide bonds. The molecule has 1 fully saturated rings. The van der Waals surface area contributed by atoms with Gasteiger partial charge in [-0.15, -0.1) is 0 Å². The van der Waals surface area contributed by atoms with Crippen molar-refractivity contribution in [3.05, 3.63) is 29.8 Å². The fourth-order valence-corrected chi connectivity index (χ4v) is 3.16. The van der Waals surface area contributed by atoms with Gasteiger partial charge in [-0.25, -0.2) is 4.79 Å². The fourth-order valence-electron chi connectivity index (χ4n) is 2.26. The smallest absolute Gasteiger partial charge is 0.317 e. The number of hydrogen-bond acceptors (Lipinski definition) is 3. The lowest BCUT2D eigenvalue weighted by atomic mass is 9.87. The number of amides is 2. The lowest BCUT2D eigenvalue weighted by Crippen LogP contribution is -2.45. The first kappa shape index (κ1) is 17.0. The maximum Gasteiger partial charge on any atom is 0.317 e. The normalized spacial score (nSPS) is 15.5. The summed E-state index contributed by atoms with van der Waals surface area (Å²) in [5, 5.41) is 2.91. The zero-order valence-corrected chi connectivity index (χ0v) is 14.5. The van der Waals surface area contributed by atoms with Crippen molar-refractivity contribution >= 4 is 17.8 Å². The summed E-state index contributed by atoms with van der Waals surface area (Å²) in [6, 6.07) is 8.19. The quantitative estimate of drug-likeness (QED) is 0.866. The standard InChI is InChI=1S/C17H26N2O2S/c1-17(2,3)14-4-6-15(7-5-14)21-11-8-18-16(20)19-9-12-22-13-10-19/h4-7H,8-13H2,1-3H3,(H,18,20). The van der Waals surface area contributed by atoms with E-state index in [4.69, 9.17) is 4.74 Å². The minimum absolute atomic E-state index is 0.0204. The van der Waals surface area contributed by atoms with Gasteiger partial charge in [0.25, 0.3) is 0 Å². The highest BCUT2D eigenvalue weighted by molar-refractivity contribution is 7.99. The molecule has 4 nitrogen and oxygen atoms in total. The van der Waals surface area contributed by atoms with E-state index in [1.54, 1.807) is 0 Å². The highest BCUT2D eigenvalue weighted by atomic mass is 32.2. The molecule has 0 radical (unpaired) electrons. The molecule has 0 bridgehead atoms. The molecule has 2 rings (SSSR count). The lowest BCUT2D eigenvalue weighted by Gasteiger charge is -2.26. The molecule has 0 spiro atoms. The third-order valence-electron chi connectivity index (χ3n) is 3.67. The number of carbonyl (C=O) groups excluding carboxylic acids is 1. The minimum Gasteiger partial charge on any atom is -0.492 e. The number of nitrogens with zero attached hydrogens (tertiary/aromatic N) is 1. The van der Waals surface area contributed by atoms with E-state index in [1.807, 2.05) is 28.8 Å². The predicted octanol–water partition coefficient (Wildman–Crippen LogP) is 3.12. The number of hydrogen-bond donors (Lipinski definition) is 1. The van der Waals surface area contributed by atoms with E-state index in [0.29, 0.717) is 13.2 Å². The number of ether oxygens (including phenoxy) is 1. The Kier molecular flexibility index (Phi) is 6.00. The lowest BCUT2D eigenvalue weighted by molar-refractivity contribution is 0.199. The molecule has 0 atom stereocenters. The van der Waals surface area contributed by atoms with Gasteiger partial charge in [0.15, 0.2) is 0 Å². The van der Waals surface area contributed by atoms with E-state index in [1.165, 1.54) is 5.56 Å². The largest absolute Gasteiger partial charge is 0.492 e. The molecule has 1 aliphatic heterocycles. The van der Waals surface area contributed by atoms with Gasteiger partial charge >= 0.3 is 6.03 Å². The van der Waals surface area contributed by atoms with Gasteiger partial charge < -0.3 is 15.0 Å². The number of thioether (sulfide) groups is 1. The minimum atomic E-state index is 0.0204. The second-order valence-electron chi connectivity index (χ2n) is 6.45. The van der Waals surface area contributed by atoms with Crippen LogP contribution in [0.3, 0.4) is 0 Å². The van der Waals surface area contributed by atoms with Crippen molar-refractivity contribution in [3.63, 3.8) is 0 Å². The van der Waals surface area contributed by atoms with E-state index < -0.39 is 0 Å². The van der Waals surface area contributed by atoms with Crippen LogP contribution in [0.2, 0.25) is 0 Å². The average molecular weight is 322 g/mol. The van der Waals surface area contributed by atoms with Gasteiger partial charge in [-0.3, -0.25) is 0 Å². The van der Waals surface area contributed by atoms with Crippen LogP contribution in [0.25, 0.3) is 0 Å². The SMILES string of the molecule is CC(C)(C)c1ccc(OCCNC(=O)N2CCSCC2)cc1. The Morgan fingerprint density at radius 1 is 1.23 bits per heavy atom. The Bertz CT molecular complexity index is 476. The predicted molar refractivity (Wildman–Crippen MR) is 92.9 cm³/mol. The summed E-state index contributed by atoms with van der Waals surface area (Å²) in [6.07, 6.45) is 0. The number of rotatable bonds is 4. The average Bonchev–Trinajstić information content (AvgIpc) is 2.52. The highest BCUT2D eigenvalue weighted by Crippen LogP contribution is 2.24. The van der Waals surface area contributed by atoms with E-state index in [2.05, 4.69) is 38.2 Å². The Morgan fingerprint density at radius 3 is 2.45 bits per heavy atom. The molecule has 1 heterocycles. The third kappa shape index (κ3) is 5.13. The Balaban J connectivity index is 1.69. The Labute approximate surface area is 137 Å². The van der Waals surface area contributed by atoms with Gasteiger partial charge in [-0.05, 0) is 23.1 Å². The zero-order valence-electron chi connectivity index (χ0n) is 13.7. The highest BCUT2D eigenvalue weighted by Gasteiger charge is 2.16. The van der Waals surface area contributed by atoms with E-state index in [9.17, 15) is 4.79 Å². The summed E-state index contributed by atoms with van der Waals surface area (Å²) < 4.78 is 5.67.